The molecule has 1 heterocycles. The molecule has 3 N–H and O–H groups in total. The highest BCUT2D eigenvalue weighted by Crippen LogP contribution is 2.15. The van der Waals surface area contributed by atoms with Crippen LogP contribution in [0.1, 0.15) is 28.0 Å². The minimum atomic E-state index is -0.657. The Bertz CT molecular complexity index is 420. The van der Waals surface area contributed by atoms with Gasteiger partial charge in [0.15, 0.2) is 5.43 Å². The van der Waals surface area contributed by atoms with Crippen LogP contribution in [0.3, 0.4) is 0 Å². The number of carbonyl (C=O) groups is 1. The van der Waals surface area contributed by atoms with Crippen LogP contribution in [0.25, 0.3) is 0 Å². The zero-order valence-corrected chi connectivity index (χ0v) is 7.09. The van der Waals surface area contributed by atoms with Gasteiger partial charge in [0.05, 0.1) is 0 Å². The number of amides is 1. The standard InChI is InChI=1S/C9H10N2O2/c10-9(13)6-4-11-7-3-1-2-5(7)8(6)12/h4H,1-3H2,(H2,10,13)(H,11,12). The predicted octanol–water partition coefficient (Wildman–Crippen LogP) is -0.0375. The summed E-state index contributed by atoms with van der Waals surface area (Å²) >= 11 is 0. The van der Waals surface area contributed by atoms with Crippen LogP contribution >= 0.6 is 0 Å². The van der Waals surface area contributed by atoms with E-state index in [1.54, 1.807) is 0 Å². The molecule has 0 saturated heterocycles. The predicted molar refractivity (Wildman–Crippen MR) is 47.6 cm³/mol. The zero-order valence-electron chi connectivity index (χ0n) is 7.09. The SMILES string of the molecule is NC(=O)c1c[nH]c2c(c1=O)CCC2. The van der Waals surface area contributed by atoms with E-state index < -0.39 is 5.91 Å². The van der Waals surface area contributed by atoms with E-state index in [2.05, 4.69) is 4.98 Å². The third-order valence-corrected chi connectivity index (χ3v) is 2.39. The molecule has 0 fully saturated rings. The van der Waals surface area contributed by atoms with E-state index in [0.29, 0.717) is 0 Å². The highest BCUT2D eigenvalue weighted by molar-refractivity contribution is 5.92. The molecule has 1 aromatic rings. The van der Waals surface area contributed by atoms with E-state index >= 15 is 0 Å². The third kappa shape index (κ3) is 1.14. The number of aromatic amines is 1. The van der Waals surface area contributed by atoms with Crippen molar-refractivity contribution in [1.82, 2.24) is 4.98 Å². The fraction of sp³-hybridized carbons (Fsp3) is 0.333. The van der Waals surface area contributed by atoms with Crippen LogP contribution in [0.2, 0.25) is 0 Å². The van der Waals surface area contributed by atoms with Gasteiger partial charge in [-0.2, -0.15) is 0 Å². The number of nitrogens with two attached hydrogens (primary N) is 1. The Hall–Kier alpha value is -1.58. The van der Waals surface area contributed by atoms with Crippen LogP contribution in [-0.2, 0) is 12.8 Å². The highest BCUT2D eigenvalue weighted by Gasteiger charge is 2.18. The highest BCUT2D eigenvalue weighted by atomic mass is 16.2. The molecule has 0 aromatic carbocycles. The van der Waals surface area contributed by atoms with Gasteiger partial charge in [-0.15, -0.1) is 0 Å². The average molecular weight is 178 g/mol. The summed E-state index contributed by atoms with van der Waals surface area (Å²) in [6.07, 6.45) is 4.04. The van der Waals surface area contributed by atoms with Crippen molar-refractivity contribution in [2.45, 2.75) is 19.3 Å². The van der Waals surface area contributed by atoms with Gasteiger partial charge in [0, 0.05) is 17.5 Å². The Kier molecular flexibility index (Phi) is 1.69. The van der Waals surface area contributed by atoms with Crippen LogP contribution in [0.15, 0.2) is 11.0 Å². The molecule has 0 radical (unpaired) electrons. The Balaban J connectivity index is 2.66. The number of fused-ring (bicyclic) bond motifs is 1. The van der Waals surface area contributed by atoms with Gasteiger partial charge in [-0.25, -0.2) is 0 Å². The lowest BCUT2D eigenvalue weighted by Gasteiger charge is -1.99. The molecule has 1 aliphatic rings. The molecule has 13 heavy (non-hydrogen) atoms. The molecule has 0 aliphatic heterocycles. The first kappa shape index (κ1) is 8.04. The quantitative estimate of drug-likeness (QED) is 0.633. The molecule has 2 rings (SSSR count). The van der Waals surface area contributed by atoms with Gasteiger partial charge in [-0.05, 0) is 19.3 Å². The molecule has 4 heteroatoms. The normalized spacial score (nSPS) is 14.2. The fourth-order valence-electron chi connectivity index (χ4n) is 1.72. The number of rotatable bonds is 1. The lowest BCUT2D eigenvalue weighted by atomic mass is 10.1. The minimum absolute atomic E-state index is 0.0700. The van der Waals surface area contributed by atoms with E-state index in [0.717, 1.165) is 30.5 Å². The first-order chi connectivity index (χ1) is 6.20. The lowest BCUT2D eigenvalue weighted by Crippen LogP contribution is -2.24. The second-order valence-corrected chi connectivity index (χ2v) is 3.21. The summed E-state index contributed by atoms with van der Waals surface area (Å²) < 4.78 is 0. The van der Waals surface area contributed by atoms with Gasteiger partial charge in [0.25, 0.3) is 5.91 Å². The van der Waals surface area contributed by atoms with Crippen LogP contribution in [0.4, 0.5) is 0 Å². The van der Waals surface area contributed by atoms with Gasteiger partial charge < -0.3 is 10.7 Å². The van der Waals surface area contributed by atoms with E-state index in [9.17, 15) is 9.59 Å². The molecule has 0 unspecified atom stereocenters. The van der Waals surface area contributed by atoms with Crippen LogP contribution in [-0.4, -0.2) is 10.9 Å². The maximum atomic E-state index is 11.6. The molecular weight excluding hydrogens is 168 g/mol. The molecule has 1 amide bonds. The molecule has 1 aliphatic carbocycles. The van der Waals surface area contributed by atoms with Gasteiger partial charge in [0.1, 0.15) is 5.56 Å². The van der Waals surface area contributed by atoms with E-state index in [1.807, 2.05) is 0 Å². The summed E-state index contributed by atoms with van der Waals surface area (Å²) in [4.78, 5) is 25.3. The van der Waals surface area contributed by atoms with Crippen LogP contribution in [0, 0.1) is 0 Å². The van der Waals surface area contributed by atoms with E-state index in [4.69, 9.17) is 5.73 Å². The van der Waals surface area contributed by atoms with E-state index in [-0.39, 0.29) is 11.0 Å². The van der Waals surface area contributed by atoms with Crippen LogP contribution < -0.4 is 11.2 Å². The number of aryl methyl sites for hydroxylation is 1. The van der Waals surface area contributed by atoms with Gasteiger partial charge >= 0.3 is 0 Å². The Labute approximate surface area is 74.8 Å². The molecule has 0 bridgehead atoms. The molecule has 0 spiro atoms. The van der Waals surface area contributed by atoms with Crippen molar-refractivity contribution in [2.75, 3.05) is 0 Å². The maximum absolute atomic E-state index is 11.6. The smallest absolute Gasteiger partial charge is 0.254 e. The number of aromatic nitrogens is 1. The fourth-order valence-corrected chi connectivity index (χ4v) is 1.72. The number of nitrogens with one attached hydrogen (secondary N) is 1. The average Bonchev–Trinajstić information content (AvgIpc) is 2.52. The molecule has 1 aromatic heterocycles. The topological polar surface area (TPSA) is 76.0 Å². The van der Waals surface area contributed by atoms with Gasteiger partial charge in [-0.3, -0.25) is 9.59 Å². The number of hydrogen-bond donors (Lipinski definition) is 2. The van der Waals surface area contributed by atoms with Crippen molar-refractivity contribution in [2.24, 2.45) is 5.73 Å². The van der Waals surface area contributed by atoms with Crippen LogP contribution in [0.5, 0.6) is 0 Å². The largest absolute Gasteiger partial charge is 0.365 e. The Morgan fingerprint density at radius 3 is 2.92 bits per heavy atom. The molecule has 0 saturated carbocycles. The summed E-state index contributed by atoms with van der Waals surface area (Å²) in [6.45, 7) is 0. The number of H-pyrrole nitrogens is 1. The molecule has 68 valence electrons. The van der Waals surface area contributed by atoms with Crippen molar-refractivity contribution in [3.05, 3.63) is 33.2 Å². The summed E-state index contributed by atoms with van der Waals surface area (Å²) in [5.74, 6) is -0.657. The Morgan fingerprint density at radius 2 is 2.23 bits per heavy atom. The van der Waals surface area contributed by atoms with Gasteiger partial charge in [-0.1, -0.05) is 0 Å². The van der Waals surface area contributed by atoms with Crippen molar-refractivity contribution in [3.63, 3.8) is 0 Å². The number of primary amides is 1. The molecule has 0 atom stereocenters. The Morgan fingerprint density at radius 1 is 1.46 bits per heavy atom. The summed E-state index contributed by atoms with van der Waals surface area (Å²) in [5.41, 5.74) is 6.61. The molecular formula is C9H10N2O2. The zero-order chi connectivity index (χ0) is 9.42. The van der Waals surface area contributed by atoms with Gasteiger partial charge in [0.2, 0.25) is 0 Å². The first-order valence-corrected chi connectivity index (χ1v) is 4.23. The third-order valence-electron chi connectivity index (χ3n) is 2.39. The van der Waals surface area contributed by atoms with Crippen molar-refractivity contribution in [1.29, 1.82) is 0 Å². The monoisotopic (exact) mass is 178 g/mol. The number of pyridine rings is 1. The second kappa shape index (κ2) is 2.73. The number of carbonyl (C=O) groups excluding carboxylic acids is 1. The second-order valence-electron chi connectivity index (χ2n) is 3.21. The summed E-state index contributed by atoms with van der Waals surface area (Å²) in [6, 6.07) is 0. The first-order valence-electron chi connectivity index (χ1n) is 4.23. The minimum Gasteiger partial charge on any atom is -0.365 e. The molecule has 4 nitrogen and oxygen atoms in total. The van der Waals surface area contributed by atoms with Crippen molar-refractivity contribution in [3.8, 4) is 0 Å². The van der Waals surface area contributed by atoms with E-state index in [1.165, 1.54) is 6.20 Å². The van der Waals surface area contributed by atoms with Crippen molar-refractivity contribution >= 4 is 5.91 Å². The summed E-state index contributed by atoms with van der Waals surface area (Å²) in [5, 5.41) is 0. The summed E-state index contributed by atoms with van der Waals surface area (Å²) in [7, 11) is 0. The lowest BCUT2D eigenvalue weighted by molar-refractivity contribution is 0.0999. The maximum Gasteiger partial charge on any atom is 0.254 e. The van der Waals surface area contributed by atoms with Crippen molar-refractivity contribution < 1.29 is 4.79 Å². The number of hydrogen-bond acceptors (Lipinski definition) is 2.